The van der Waals surface area contributed by atoms with Crippen LogP contribution < -0.4 is 5.32 Å². The highest BCUT2D eigenvalue weighted by molar-refractivity contribution is 6.02. The van der Waals surface area contributed by atoms with Crippen LogP contribution in [0.5, 0.6) is 0 Å². The molecule has 1 aromatic heterocycles. The van der Waals surface area contributed by atoms with Crippen LogP contribution in [0.1, 0.15) is 26.8 Å². The standard InChI is InChI=1S/C13H12N2O4/c1-8-14-7-11(19-8)12(16)15-10-5-3-4-9(6-10)13(17)18-2/h3-7H,1-2H3,(H,15,16). The lowest BCUT2D eigenvalue weighted by atomic mass is 10.2. The van der Waals surface area contributed by atoms with E-state index in [0.717, 1.165) is 0 Å². The molecule has 1 heterocycles. The molecular formula is C13H12N2O4. The number of esters is 1. The minimum Gasteiger partial charge on any atom is -0.465 e. The summed E-state index contributed by atoms with van der Waals surface area (Å²) in [5, 5.41) is 2.61. The third kappa shape index (κ3) is 2.98. The lowest BCUT2D eigenvalue weighted by molar-refractivity contribution is 0.0600. The highest BCUT2D eigenvalue weighted by Crippen LogP contribution is 2.13. The Morgan fingerprint density at radius 3 is 2.79 bits per heavy atom. The van der Waals surface area contributed by atoms with Crippen molar-refractivity contribution in [2.45, 2.75) is 6.92 Å². The van der Waals surface area contributed by atoms with Crippen LogP contribution in [0, 0.1) is 6.92 Å². The summed E-state index contributed by atoms with van der Waals surface area (Å²) in [6.07, 6.45) is 1.34. The lowest BCUT2D eigenvalue weighted by Gasteiger charge is -2.04. The van der Waals surface area contributed by atoms with Gasteiger partial charge in [-0.2, -0.15) is 0 Å². The van der Waals surface area contributed by atoms with Gasteiger partial charge in [0, 0.05) is 12.6 Å². The van der Waals surface area contributed by atoms with Gasteiger partial charge in [-0.25, -0.2) is 9.78 Å². The van der Waals surface area contributed by atoms with E-state index in [9.17, 15) is 9.59 Å². The van der Waals surface area contributed by atoms with Crippen molar-refractivity contribution in [3.05, 3.63) is 47.7 Å². The summed E-state index contributed by atoms with van der Waals surface area (Å²) in [7, 11) is 1.30. The first-order chi connectivity index (χ1) is 9.10. The van der Waals surface area contributed by atoms with Crippen molar-refractivity contribution in [3.8, 4) is 0 Å². The fraction of sp³-hybridized carbons (Fsp3) is 0.154. The van der Waals surface area contributed by atoms with Crippen LogP contribution >= 0.6 is 0 Å². The number of nitrogens with zero attached hydrogens (tertiary/aromatic N) is 1. The van der Waals surface area contributed by atoms with Gasteiger partial charge in [0.15, 0.2) is 5.89 Å². The first-order valence-corrected chi connectivity index (χ1v) is 5.52. The highest BCUT2D eigenvalue weighted by atomic mass is 16.5. The molecule has 2 rings (SSSR count). The number of benzene rings is 1. The van der Waals surface area contributed by atoms with Gasteiger partial charge < -0.3 is 14.5 Å². The van der Waals surface area contributed by atoms with Gasteiger partial charge in [0.2, 0.25) is 5.76 Å². The number of methoxy groups -OCH3 is 1. The number of aromatic nitrogens is 1. The van der Waals surface area contributed by atoms with Gasteiger partial charge >= 0.3 is 5.97 Å². The molecule has 0 aliphatic heterocycles. The van der Waals surface area contributed by atoms with E-state index in [1.807, 2.05) is 0 Å². The molecule has 6 nitrogen and oxygen atoms in total. The van der Waals surface area contributed by atoms with Crippen molar-refractivity contribution in [2.24, 2.45) is 0 Å². The molecule has 1 amide bonds. The average Bonchev–Trinajstić information content (AvgIpc) is 2.85. The Morgan fingerprint density at radius 2 is 2.16 bits per heavy atom. The lowest BCUT2D eigenvalue weighted by Crippen LogP contribution is -2.11. The van der Waals surface area contributed by atoms with Gasteiger partial charge in [-0.05, 0) is 18.2 Å². The Labute approximate surface area is 109 Å². The van der Waals surface area contributed by atoms with E-state index in [-0.39, 0.29) is 5.76 Å². The Morgan fingerprint density at radius 1 is 1.37 bits per heavy atom. The first-order valence-electron chi connectivity index (χ1n) is 5.52. The molecule has 0 atom stereocenters. The minimum absolute atomic E-state index is 0.112. The summed E-state index contributed by atoms with van der Waals surface area (Å²) in [4.78, 5) is 27.0. The predicted octanol–water partition coefficient (Wildman–Crippen LogP) is 2.02. The molecule has 2 aromatic rings. The van der Waals surface area contributed by atoms with Gasteiger partial charge in [0.05, 0.1) is 18.9 Å². The Bertz CT molecular complexity index is 619. The van der Waals surface area contributed by atoms with Gasteiger partial charge in [-0.1, -0.05) is 6.07 Å². The van der Waals surface area contributed by atoms with Crippen molar-refractivity contribution >= 4 is 17.6 Å². The summed E-state index contributed by atoms with van der Waals surface area (Å²) in [5.74, 6) is -0.372. The van der Waals surface area contributed by atoms with Gasteiger partial charge in [-0.3, -0.25) is 4.79 Å². The van der Waals surface area contributed by atoms with Crippen molar-refractivity contribution in [3.63, 3.8) is 0 Å². The van der Waals surface area contributed by atoms with E-state index in [1.165, 1.54) is 19.4 Å². The molecular weight excluding hydrogens is 248 g/mol. The predicted molar refractivity (Wildman–Crippen MR) is 67.0 cm³/mol. The third-order valence-electron chi connectivity index (χ3n) is 2.39. The Balaban J connectivity index is 2.15. The Kier molecular flexibility index (Phi) is 3.61. The normalized spacial score (nSPS) is 10.0. The number of hydrogen-bond donors (Lipinski definition) is 1. The number of carbonyl (C=O) groups excluding carboxylic acids is 2. The van der Waals surface area contributed by atoms with E-state index >= 15 is 0 Å². The van der Waals surface area contributed by atoms with Crippen LogP contribution in [0.3, 0.4) is 0 Å². The van der Waals surface area contributed by atoms with Crippen molar-refractivity contribution in [1.82, 2.24) is 4.98 Å². The summed E-state index contributed by atoms with van der Waals surface area (Å²) in [6, 6.07) is 6.42. The molecule has 0 bridgehead atoms. The number of aryl methyl sites for hydroxylation is 1. The van der Waals surface area contributed by atoms with Crippen LogP contribution in [-0.2, 0) is 4.74 Å². The van der Waals surface area contributed by atoms with Gasteiger partial charge in [-0.15, -0.1) is 0 Å². The zero-order valence-electron chi connectivity index (χ0n) is 10.5. The van der Waals surface area contributed by atoms with Crippen LogP contribution in [-0.4, -0.2) is 24.0 Å². The van der Waals surface area contributed by atoms with Crippen molar-refractivity contribution in [2.75, 3.05) is 12.4 Å². The second-order valence-electron chi connectivity index (χ2n) is 3.77. The quantitative estimate of drug-likeness (QED) is 0.854. The molecule has 98 valence electrons. The molecule has 0 saturated carbocycles. The van der Waals surface area contributed by atoms with E-state index in [0.29, 0.717) is 17.1 Å². The topological polar surface area (TPSA) is 81.4 Å². The molecule has 0 unspecified atom stereocenters. The monoisotopic (exact) mass is 260 g/mol. The van der Waals surface area contributed by atoms with Crippen LogP contribution in [0.15, 0.2) is 34.9 Å². The van der Waals surface area contributed by atoms with E-state index in [2.05, 4.69) is 15.0 Å². The number of nitrogens with one attached hydrogen (secondary N) is 1. The average molecular weight is 260 g/mol. The number of amides is 1. The molecule has 1 aromatic carbocycles. The molecule has 0 fully saturated rings. The first kappa shape index (κ1) is 12.8. The molecule has 19 heavy (non-hydrogen) atoms. The second kappa shape index (κ2) is 5.34. The molecule has 0 radical (unpaired) electrons. The number of hydrogen-bond acceptors (Lipinski definition) is 5. The number of carbonyl (C=O) groups is 2. The summed E-state index contributed by atoms with van der Waals surface area (Å²) in [5.41, 5.74) is 0.830. The van der Waals surface area contributed by atoms with Crippen molar-refractivity contribution < 1.29 is 18.7 Å². The highest BCUT2D eigenvalue weighted by Gasteiger charge is 2.12. The van der Waals surface area contributed by atoms with Gasteiger partial charge in [0.25, 0.3) is 5.91 Å². The number of oxazole rings is 1. The fourth-order valence-corrected chi connectivity index (χ4v) is 1.50. The maximum Gasteiger partial charge on any atom is 0.337 e. The van der Waals surface area contributed by atoms with E-state index in [1.54, 1.807) is 25.1 Å². The van der Waals surface area contributed by atoms with Crippen LogP contribution in [0.2, 0.25) is 0 Å². The molecule has 0 aliphatic carbocycles. The second-order valence-corrected chi connectivity index (χ2v) is 3.77. The zero-order valence-corrected chi connectivity index (χ0v) is 10.5. The van der Waals surface area contributed by atoms with Gasteiger partial charge in [0.1, 0.15) is 0 Å². The fourth-order valence-electron chi connectivity index (χ4n) is 1.50. The molecule has 0 spiro atoms. The summed E-state index contributed by atoms with van der Waals surface area (Å²) in [6.45, 7) is 1.65. The number of anilines is 1. The van der Waals surface area contributed by atoms with Crippen LogP contribution in [0.25, 0.3) is 0 Å². The molecule has 0 aliphatic rings. The maximum atomic E-state index is 11.8. The number of ether oxygens (including phenoxy) is 1. The largest absolute Gasteiger partial charge is 0.465 e. The van der Waals surface area contributed by atoms with E-state index in [4.69, 9.17) is 4.42 Å². The number of rotatable bonds is 3. The smallest absolute Gasteiger partial charge is 0.337 e. The SMILES string of the molecule is COC(=O)c1cccc(NC(=O)c2cnc(C)o2)c1. The molecule has 6 heteroatoms. The minimum atomic E-state index is -0.466. The zero-order chi connectivity index (χ0) is 13.8. The summed E-state index contributed by atoms with van der Waals surface area (Å²) < 4.78 is 9.71. The van der Waals surface area contributed by atoms with Crippen LogP contribution in [0.4, 0.5) is 5.69 Å². The van der Waals surface area contributed by atoms with E-state index < -0.39 is 11.9 Å². The summed E-state index contributed by atoms with van der Waals surface area (Å²) >= 11 is 0. The Hall–Kier alpha value is -2.63. The maximum absolute atomic E-state index is 11.8. The van der Waals surface area contributed by atoms with Crippen molar-refractivity contribution in [1.29, 1.82) is 0 Å². The third-order valence-corrected chi connectivity index (χ3v) is 2.39. The molecule has 1 N–H and O–H groups in total. The molecule has 0 saturated heterocycles.